The monoisotopic (exact) mass is 371 g/mol. The van der Waals surface area contributed by atoms with Crippen molar-refractivity contribution in [3.05, 3.63) is 70.7 Å². The summed E-state index contributed by atoms with van der Waals surface area (Å²) in [5.74, 6) is 4.38. The zero-order valence-electron chi connectivity index (χ0n) is 13.1. The molecule has 0 radical (unpaired) electrons. The molecule has 25 heavy (non-hydrogen) atoms. The lowest BCUT2D eigenvalue weighted by atomic mass is 10.0. The summed E-state index contributed by atoms with van der Waals surface area (Å²) in [4.78, 5) is 12.0. The summed E-state index contributed by atoms with van der Waals surface area (Å²) in [7, 11) is 0. The third-order valence-corrected chi connectivity index (χ3v) is 4.04. The Morgan fingerprint density at radius 2 is 1.68 bits per heavy atom. The first-order chi connectivity index (χ1) is 11.8. The van der Waals surface area contributed by atoms with E-state index in [1.165, 1.54) is 24.3 Å². The van der Waals surface area contributed by atoms with Crippen LogP contribution in [0.2, 0.25) is 5.02 Å². The Morgan fingerprint density at radius 3 is 2.24 bits per heavy atom. The Balaban J connectivity index is 2.30. The van der Waals surface area contributed by atoms with Gasteiger partial charge in [-0.25, -0.2) is 5.84 Å². The van der Waals surface area contributed by atoms with E-state index in [4.69, 9.17) is 17.4 Å². The van der Waals surface area contributed by atoms with E-state index in [2.05, 4.69) is 5.32 Å². The summed E-state index contributed by atoms with van der Waals surface area (Å²) in [5, 5.41) is 2.72. The zero-order chi connectivity index (χ0) is 18.4. The molecule has 0 bridgehead atoms. The number of hydrazine groups is 1. The SMILES string of the molecule is NNC(=O)[C@H](Cc1ccccc1Cl)NC(c1ccccc1)C(F)(F)F. The van der Waals surface area contributed by atoms with Crippen LogP contribution in [0.1, 0.15) is 17.2 Å². The molecule has 4 N–H and O–H groups in total. The van der Waals surface area contributed by atoms with Crippen LogP contribution in [-0.2, 0) is 11.2 Å². The van der Waals surface area contributed by atoms with Gasteiger partial charge in [-0.05, 0) is 23.6 Å². The maximum atomic E-state index is 13.5. The second-order valence-corrected chi connectivity index (χ2v) is 5.82. The van der Waals surface area contributed by atoms with Crippen molar-refractivity contribution in [3.63, 3.8) is 0 Å². The standard InChI is InChI=1S/C17H17ClF3N3O/c18-13-9-5-4-8-12(13)10-14(16(25)24-22)23-15(17(19,20)21)11-6-2-1-3-7-11/h1-9,14-15,23H,10,22H2,(H,24,25)/t14-,15?/m0/s1. The van der Waals surface area contributed by atoms with Crippen molar-refractivity contribution in [3.8, 4) is 0 Å². The topological polar surface area (TPSA) is 67.1 Å². The molecule has 1 unspecified atom stereocenters. The number of benzene rings is 2. The Hall–Kier alpha value is -2.09. The molecule has 2 rings (SSSR count). The minimum absolute atomic E-state index is 0.00369. The minimum atomic E-state index is -4.59. The van der Waals surface area contributed by atoms with Crippen molar-refractivity contribution in [1.82, 2.24) is 10.7 Å². The smallest absolute Gasteiger partial charge is 0.293 e. The first-order valence-corrected chi connectivity index (χ1v) is 7.82. The highest BCUT2D eigenvalue weighted by Crippen LogP contribution is 2.33. The normalized spacial score (nSPS) is 14.0. The Kier molecular flexibility index (Phi) is 6.41. The van der Waals surface area contributed by atoms with E-state index in [9.17, 15) is 18.0 Å². The van der Waals surface area contributed by atoms with Gasteiger partial charge >= 0.3 is 6.18 Å². The molecular weight excluding hydrogens is 355 g/mol. The van der Waals surface area contributed by atoms with Gasteiger partial charge in [0.1, 0.15) is 6.04 Å². The van der Waals surface area contributed by atoms with Crippen LogP contribution in [0, 0.1) is 0 Å². The largest absolute Gasteiger partial charge is 0.407 e. The summed E-state index contributed by atoms with van der Waals surface area (Å²) >= 11 is 6.05. The maximum Gasteiger partial charge on any atom is 0.407 e. The first kappa shape index (κ1) is 19.2. The van der Waals surface area contributed by atoms with E-state index in [-0.39, 0.29) is 12.0 Å². The van der Waals surface area contributed by atoms with Crippen LogP contribution in [0.3, 0.4) is 0 Å². The van der Waals surface area contributed by atoms with Crippen LogP contribution in [-0.4, -0.2) is 18.1 Å². The molecule has 2 aromatic carbocycles. The summed E-state index contributed by atoms with van der Waals surface area (Å²) < 4.78 is 40.5. The van der Waals surface area contributed by atoms with Gasteiger partial charge in [-0.3, -0.25) is 15.5 Å². The summed E-state index contributed by atoms with van der Waals surface area (Å²) in [6.45, 7) is 0. The molecule has 2 atom stereocenters. The molecule has 4 nitrogen and oxygen atoms in total. The second kappa shape index (κ2) is 8.33. The maximum absolute atomic E-state index is 13.5. The van der Waals surface area contributed by atoms with E-state index >= 15 is 0 Å². The lowest BCUT2D eigenvalue weighted by Gasteiger charge is -2.27. The highest BCUT2D eigenvalue weighted by atomic mass is 35.5. The average molecular weight is 372 g/mol. The molecule has 2 aromatic rings. The lowest BCUT2D eigenvalue weighted by molar-refractivity contribution is -0.160. The third-order valence-electron chi connectivity index (χ3n) is 3.67. The summed E-state index contributed by atoms with van der Waals surface area (Å²) in [6.07, 6.45) is -4.63. The predicted molar refractivity (Wildman–Crippen MR) is 89.6 cm³/mol. The van der Waals surface area contributed by atoms with Crippen LogP contribution in [0.15, 0.2) is 54.6 Å². The number of alkyl halides is 3. The Bertz CT molecular complexity index is 710. The number of halogens is 4. The molecule has 0 saturated heterocycles. The van der Waals surface area contributed by atoms with Gasteiger partial charge in [-0.1, -0.05) is 60.1 Å². The van der Waals surface area contributed by atoms with Gasteiger partial charge in [0.25, 0.3) is 5.91 Å². The molecule has 0 saturated carbocycles. The quantitative estimate of drug-likeness (QED) is 0.415. The number of nitrogens with two attached hydrogens (primary N) is 1. The number of hydrogen-bond acceptors (Lipinski definition) is 3. The van der Waals surface area contributed by atoms with Gasteiger partial charge < -0.3 is 0 Å². The fourth-order valence-corrected chi connectivity index (χ4v) is 2.65. The van der Waals surface area contributed by atoms with Crippen LogP contribution < -0.4 is 16.6 Å². The molecule has 0 aliphatic rings. The fourth-order valence-electron chi connectivity index (χ4n) is 2.44. The lowest BCUT2D eigenvalue weighted by Crippen LogP contribution is -2.51. The van der Waals surface area contributed by atoms with Crippen LogP contribution in [0.25, 0.3) is 0 Å². The average Bonchev–Trinajstić information content (AvgIpc) is 2.59. The van der Waals surface area contributed by atoms with E-state index in [0.29, 0.717) is 10.6 Å². The van der Waals surface area contributed by atoms with Gasteiger partial charge in [0.2, 0.25) is 0 Å². The highest BCUT2D eigenvalue weighted by Gasteiger charge is 2.42. The molecule has 134 valence electrons. The number of amides is 1. The number of carbonyl (C=O) groups is 1. The highest BCUT2D eigenvalue weighted by molar-refractivity contribution is 6.31. The van der Waals surface area contributed by atoms with Gasteiger partial charge in [0.05, 0.1) is 6.04 Å². The third kappa shape index (κ3) is 5.19. The molecule has 0 fully saturated rings. The van der Waals surface area contributed by atoms with Crippen molar-refractivity contribution in [2.24, 2.45) is 5.84 Å². The Labute approximate surface area is 148 Å². The van der Waals surface area contributed by atoms with Crippen molar-refractivity contribution in [1.29, 1.82) is 0 Å². The van der Waals surface area contributed by atoms with Crippen LogP contribution >= 0.6 is 11.6 Å². The molecule has 0 spiro atoms. The molecule has 0 aliphatic carbocycles. The van der Waals surface area contributed by atoms with E-state index < -0.39 is 24.2 Å². The number of carbonyl (C=O) groups excluding carboxylic acids is 1. The number of hydrogen-bond donors (Lipinski definition) is 3. The van der Waals surface area contributed by atoms with E-state index in [0.717, 1.165) is 0 Å². The van der Waals surface area contributed by atoms with Crippen LogP contribution in [0.5, 0.6) is 0 Å². The number of rotatable bonds is 6. The molecule has 0 aliphatic heterocycles. The first-order valence-electron chi connectivity index (χ1n) is 7.44. The van der Waals surface area contributed by atoms with Gasteiger partial charge in [0, 0.05) is 5.02 Å². The van der Waals surface area contributed by atoms with Crippen molar-refractivity contribution in [2.45, 2.75) is 24.7 Å². The predicted octanol–water partition coefficient (Wildman–Crippen LogP) is 3.13. The second-order valence-electron chi connectivity index (χ2n) is 5.41. The van der Waals surface area contributed by atoms with Gasteiger partial charge in [-0.2, -0.15) is 13.2 Å². The van der Waals surface area contributed by atoms with Crippen molar-refractivity contribution in [2.75, 3.05) is 0 Å². The van der Waals surface area contributed by atoms with E-state index in [1.807, 2.05) is 5.43 Å². The number of nitrogens with one attached hydrogen (secondary N) is 2. The zero-order valence-corrected chi connectivity index (χ0v) is 13.8. The summed E-state index contributed by atoms with van der Waals surface area (Å²) in [5.41, 5.74) is 2.45. The van der Waals surface area contributed by atoms with Crippen molar-refractivity contribution >= 4 is 17.5 Å². The minimum Gasteiger partial charge on any atom is -0.293 e. The molecule has 0 heterocycles. The van der Waals surface area contributed by atoms with Gasteiger partial charge in [-0.15, -0.1) is 0 Å². The Morgan fingerprint density at radius 1 is 1.08 bits per heavy atom. The fraction of sp³-hybridized carbons (Fsp3) is 0.235. The molecule has 0 aromatic heterocycles. The summed E-state index contributed by atoms with van der Waals surface area (Å²) in [6, 6.07) is 10.7. The molecular formula is C17H17ClF3N3O. The van der Waals surface area contributed by atoms with Crippen LogP contribution in [0.4, 0.5) is 13.2 Å². The molecule has 1 amide bonds. The molecule has 8 heteroatoms. The van der Waals surface area contributed by atoms with Crippen molar-refractivity contribution < 1.29 is 18.0 Å². The van der Waals surface area contributed by atoms with Gasteiger partial charge in [0.15, 0.2) is 0 Å². The van der Waals surface area contributed by atoms with E-state index in [1.54, 1.807) is 30.3 Å².